The Bertz CT molecular complexity index is 921. The first kappa shape index (κ1) is 15.2. The van der Waals surface area contributed by atoms with E-state index in [2.05, 4.69) is 4.74 Å². The van der Waals surface area contributed by atoms with E-state index >= 15 is 0 Å². The second kappa shape index (κ2) is 5.20. The van der Waals surface area contributed by atoms with Crippen LogP contribution in [0.25, 0.3) is 10.9 Å². The number of nitro benzene ring substituents is 1. The first-order valence-corrected chi connectivity index (χ1v) is 6.81. The number of halogens is 2. The van der Waals surface area contributed by atoms with Crippen LogP contribution in [0.3, 0.4) is 0 Å². The third-order valence-corrected chi connectivity index (χ3v) is 3.83. The molecule has 2 aromatic rings. The highest BCUT2D eigenvalue weighted by Gasteiger charge is 2.32. The highest BCUT2D eigenvalue weighted by molar-refractivity contribution is 6.34. The first-order chi connectivity index (χ1) is 10.8. The summed E-state index contributed by atoms with van der Waals surface area (Å²) in [5.74, 6) is -1.69. The van der Waals surface area contributed by atoms with Gasteiger partial charge >= 0.3 is 11.8 Å². The number of hydrogen-bond acceptors (Lipinski definition) is 5. The summed E-state index contributed by atoms with van der Waals surface area (Å²) in [6, 6.07) is 0.579. The molecular weight excluding hydrogens is 335 g/mol. The Balaban J connectivity index is 2.47. The van der Waals surface area contributed by atoms with Crippen LogP contribution in [0.5, 0.6) is 5.75 Å². The topological polar surface area (TPSA) is 112 Å². The number of ether oxygens (including phenoxy) is 1. The average molecular weight is 343 g/mol. The third-order valence-electron chi connectivity index (χ3n) is 3.47. The van der Waals surface area contributed by atoms with Gasteiger partial charge in [0.05, 0.1) is 16.5 Å². The molecule has 1 aromatic heterocycles. The minimum Gasteiger partial charge on any atom is -0.449 e. The van der Waals surface area contributed by atoms with Crippen LogP contribution in [0.4, 0.5) is 14.9 Å². The normalized spacial score (nSPS) is 14.0. The van der Waals surface area contributed by atoms with Crippen molar-refractivity contribution in [2.24, 2.45) is 0 Å². The number of aromatic nitrogens is 1. The third kappa shape index (κ3) is 2.48. The van der Waals surface area contributed by atoms with Crippen LogP contribution in [0.2, 0.25) is 5.02 Å². The number of benzene rings is 1. The Kier molecular flexibility index (Phi) is 3.44. The van der Waals surface area contributed by atoms with E-state index in [0.29, 0.717) is 12.8 Å². The smallest absolute Gasteiger partial charge is 0.449 e. The summed E-state index contributed by atoms with van der Waals surface area (Å²) in [4.78, 5) is 33.3. The fraction of sp³-hybridized carbons (Fsp3) is 0.231. The molecule has 0 amide bonds. The summed E-state index contributed by atoms with van der Waals surface area (Å²) in [6.45, 7) is 0. The zero-order valence-electron chi connectivity index (χ0n) is 11.3. The van der Waals surface area contributed by atoms with Gasteiger partial charge in [-0.2, -0.15) is 0 Å². The molecule has 1 aliphatic rings. The molecule has 10 heteroatoms. The predicted octanol–water partition coefficient (Wildman–Crippen LogP) is 3.09. The van der Waals surface area contributed by atoms with E-state index in [9.17, 15) is 24.1 Å². The second-order valence-corrected chi connectivity index (χ2v) is 5.38. The van der Waals surface area contributed by atoms with Gasteiger partial charge in [-0.15, -0.1) is 0 Å². The van der Waals surface area contributed by atoms with Crippen molar-refractivity contribution in [1.29, 1.82) is 0 Å². The van der Waals surface area contributed by atoms with Crippen molar-refractivity contribution in [2.45, 2.75) is 18.9 Å². The summed E-state index contributed by atoms with van der Waals surface area (Å²) < 4.78 is 19.6. The van der Waals surface area contributed by atoms with Crippen LogP contribution >= 0.6 is 11.6 Å². The molecule has 0 spiro atoms. The fourth-order valence-electron chi connectivity index (χ4n) is 2.39. The van der Waals surface area contributed by atoms with E-state index in [-0.39, 0.29) is 16.9 Å². The van der Waals surface area contributed by atoms with Crippen LogP contribution in [-0.4, -0.2) is 20.8 Å². The highest BCUT2D eigenvalue weighted by Crippen LogP contribution is 2.42. The first-order valence-electron chi connectivity index (χ1n) is 6.43. The Labute approximate surface area is 131 Å². The Morgan fingerprint density at radius 3 is 2.70 bits per heavy atom. The molecular formula is C13H8ClFN2O6. The van der Waals surface area contributed by atoms with Gasteiger partial charge in [-0.25, -0.2) is 9.18 Å². The van der Waals surface area contributed by atoms with Gasteiger partial charge in [0.25, 0.3) is 0 Å². The van der Waals surface area contributed by atoms with Crippen molar-refractivity contribution in [3.05, 3.63) is 43.4 Å². The standard InChI is InChI=1S/C13H8ClFN2O6/c14-9-7(15)3-6-10(11(9)17(21)22)16(5-1-2-5)4-8(12(6)18)23-13(19)20/h3-5H,1-2H2,(H,19,20). The monoisotopic (exact) mass is 342 g/mol. The Morgan fingerprint density at radius 1 is 1.52 bits per heavy atom. The van der Waals surface area contributed by atoms with Crippen molar-refractivity contribution < 1.29 is 24.0 Å². The number of carbonyl (C=O) groups is 1. The maximum Gasteiger partial charge on any atom is 0.511 e. The lowest BCUT2D eigenvalue weighted by atomic mass is 10.1. The van der Waals surface area contributed by atoms with E-state index in [1.165, 1.54) is 4.57 Å². The molecule has 0 saturated heterocycles. The largest absolute Gasteiger partial charge is 0.511 e. The number of pyridine rings is 1. The van der Waals surface area contributed by atoms with Gasteiger partial charge < -0.3 is 14.4 Å². The molecule has 8 nitrogen and oxygen atoms in total. The average Bonchev–Trinajstić information content (AvgIpc) is 3.27. The highest BCUT2D eigenvalue weighted by atomic mass is 35.5. The van der Waals surface area contributed by atoms with Crippen LogP contribution < -0.4 is 10.2 Å². The number of fused-ring (bicyclic) bond motifs is 1. The van der Waals surface area contributed by atoms with Crippen molar-refractivity contribution in [3.8, 4) is 5.75 Å². The molecule has 1 fully saturated rings. The number of rotatable bonds is 3. The van der Waals surface area contributed by atoms with Crippen molar-refractivity contribution in [2.75, 3.05) is 0 Å². The van der Waals surface area contributed by atoms with Crippen molar-refractivity contribution >= 4 is 34.3 Å². The Morgan fingerprint density at radius 2 is 2.17 bits per heavy atom. The summed E-state index contributed by atoms with van der Waals surface area (Å²) in [7, 11) is 0. The summed E-state index contributed by atoms with van der Waals surface area (Å²) >= 11 is 5.68. The van der Waals surface area contributed by atoms with Gasteiger partial charge in [0.2, 0.25) is 5.43 Å². The molecule has 0 bridgehead atoms. The Hall–Kier alpha value is -2.68. The van der Waals surface area contributed by atoms with Crippen LogP contribution in [0.1, 0.15) is 18.9 Å². The number of carboxylic acid groups (broad SMARTS) is 1. The maximum atomic E-state index is 13.9. The van der Waals surface area contributed by atoms with Gasteiger partial charge in [-0.3, -0.25) is 14.9 Å². The SMILES string of the molecule is O=C(O)Oc1cn(C2CC2)c2c([N+](=O)[O-])c(Cl)c(F)cc2c1=O. The van der Waals surface area contributed by atoms with E-state index in [1.807, 2.05) is 0 Å². The zero-order valence-corrected chi connectivity index (χ0v) is 12.0. The van der Waals surface area contributed by atoms with E-state index in [1.54, 1.807) is 0 Å². The lowest BCUT2D eigenvalue weighted by molar-refractivity contribution is -0.383. The molecule has 0 radical (unpaired) electrons. The zero-order chi connectivity index (χ0) is 16.9. The van der Waals surface area contributed by atoms with E-state index in [0.717, 1.165) is 12.3 Å². The molecule has 0 unspecified atom stereocenters. The molecule has 23 heavy (non-hydrogen) atoms. The van der Waals surface area contributed by atoms with Gasteiger partial charge in [0.1, 0.15) is 11.3 Å². The van der Waals surface area contributed by atoms with Gasteiger partial charge in [-0.1, -0.05) is 11.6 Å². The van der Waals surface area contributed by atoms with E-state index in [4.69, 9.17) is 16.7 Å². The maximum absolute atomic E-state index is 13.9. The van der Waals surface area contributed by atoms with Crippen molar-refractivity contribution in [3.63, 3.8) is 0 Å². The molecule has 1 aliphatic carbocycles. The lowest BCUT2D eigenvalue weighted by Crippen LogP contribution is -2.17. The molecule has 1 aromatic carbocycles. The van der Waals surface area contributed by atoms with Crippen molar-refractivity contribution in [1.82, 2.24) is 4.57 Å². The molecule has 0 atom stereocenters. The number of hydrogen-bond donors (Lipinski definition) is 1. The summed E-state index contributed by atoms with van der Waals surface area (Å²) in [6.07, 6.45) is 0.720. The summed E-state index contributed by atoms with van der Waals surface area (Å²) in [5.41, 5.74) is -1.84. The van der Waals surface area contributed by atoms with Gasteiger partial charge in [0.15, 0.2) is 10.8 Å². The van der Waals surface area contributed by atoms with E-state index < -0.39 is 38.8 Å². The lowest BCUT2D eigenvalue weighted by Gasteiger charge is -2.13. The predicted molar refractivity (Wildman–Crippen MR) is 76.8 cm³/mol. The minimum absolute atomic E-state index is 0.147. The molecule has 1 saturated carbocycles. The number of nitro groups is 1. The van der Waals surface area contributed by atoms with Crippen LogP contribution in [-0.2, 0) is 0 Å². The molecule has 0 aliphatic heterocycles. The summed E-state index contributed by atoms with van der Waals surface area (Å²) in [5, 5.41) is 18.9. The fourth-order valence-corrected chi connectivity index (χ4v) is 2.61. The number of nitrogens with zero attached hydrogens (tertiary/aromatic N) is 2. The molecule has 120 valence electrons. The molecule has 1 heterocycles. The van der Waals surface area contributed by atoms with Gasteiger partial charge in [-0.05, 0) is 18.9 Å². The quantitative estimate of drug-likeness (QED) is 0.521. The molecule has 1 N–H and O–H groups in total. The minimum atomic E-state index is -1.72. The van der Waals surface area contributed by atoms with Crippen LogP contribution in [0.15, 0.2) is 17.1 Å². The van der Waals surface area contributed by atoms with Crippen LogP contribution in [0, 0.1) is 15.9 Å². The van der Waals surface area contributed by atoms with Gasteiger partial charge in [0, 0.05) is 6.04 Å². The molecule has 3 rings (SSSR count). The second-order valence-electron chi connectivity index (χ2n) is 5.00.